The summed E-state index contributed by atoms with van der Waals surface area (Å²) in [5.41, 5.74) is 2.95. The van der Waals surface area contributed by atoms with Gasteiger partial charge in [0.1, 0.15) is 5.75 Å². The van der Waals surface area contributed by atoms with Gasteiger partial charge in [-0.2, -0.15) is 0 Å². The third-order valence-corrected chi connectivity index (χ3v) is 4.19. The van der Waals surface area contributed by atoms with Crippen molar-refractivity contribution in [1.29, 1.82) is 0 Å². The Morgan fingerprint density at radius 2 is 1.75 bits per heavy atom. The van der Waals surface area contributed by atoms with E-state index in [1.165, 1.54) is 0 Å². The third-order valence-electron chi connectivity index (χ3n) is 4.19. The quantitative estimate of drug-likeness (QED) is 0.738. The number of hydrogen-bond donors (Lipinski definition) is 1. The van der Waals surface area contributed by atoms with E-state index in [-0.39, 0.29) is 26.0 Å². The molecule has 0 aromatic heterocycles. The monoisotopic (exact) mass is 385 g/mol. The van der Waals surface area contributed by atoms with Crippen LogP contribution in [0.15, 0.2) is 36.4 Å². The fourth-order valence-electron chi connectivity index (χ4n) is 2.90. The summed E-state index contributed by atoms with van der Waals surface area (Å²) >= 11 is 0. The van der Waals surface area contributed by atoms with Crippen LogP contribution >= 0.6 is 0 Å². The molecule has 0 radical (unpaired) electrons. The van der Waals surface area contributed by atoms with Gasteiger partial charge in [-0.1, -0.05) is 12.1 Å². The first-order chi connectivity index (χ1) is 13.4. The molecule has 1 aliphatic heterocycles. The Hall–Kier alpha value is -3.22. The molecule has 7 nitrogen and oxygen atoms in total. The van der Waals surface area contributed by atoms with E-state index >= 15 is 0 Å². The number of ether oxygens (including phenoxy) is 4. The van der Waals surface area contributed by atoms with Crippen molar-refractivity contribution in [2.24, 2.45) is 0 Å². The van der Waals surface area contributed by atoms with E-state index in [1.54, 1.807) is 6.07 Å². The lowest BCUT2D eigenvalue weighted by Gasteiger charge is -2.15. The summed E-state index contributed by atoms with van der Waals surface area (Å²) in [5.74, 6) is 0.916. The van der Waals surface area contributed by atoms with Gasteiger partial charge in [-0.05, 0) is 61.7 Å². The summed E-state index contributed by atoms with van der Waals surface area (Å²) < 4.78 is 21.0. The average Bonchev–Trinajstić information content (AvgIpc) is 3.11. The van der Waals surface area contributed by atoms with E-state index in [1.807, 2.05) is 51.1 Å². The lowest BCUT2D eigenvalue weighted by atomic mass is 10.1. The highest BCUT2D eigenvalue weighted by Crippen LogP contribution is 2.34. The second-order valence-electron chi connectivity index (χ2n) is 6.67. The minimum Gasteiger partial charge on any atom is -0.482 e. The molecule has 0 saturated carbocycles. The second-order valence-corrected chi connectivity index (χ2v) is 6.67. The highest BCUT2D eigenvalue weighted by molar-refractivity contribution is 5.81. The number of carbonyl (C=O) groups excluding carboxylic acids is 2. The minimum absolute atomic E-state index is 0.194. The molecule has 0 saturated heterocycles. The van der Waals surface area contributed by atoms with Gasteiger partial charge in [-0.3, -0.25) is 4.79 Å². The number of hydrogen-bond acceptors (Lipinski definition) is 6. The van der Waals surface area contributed by atoms with Gasteiger partial charge >= 0.3 is 5.97 Å². The van der Waals surface area contributed by atoms with Crippen molar-refractivity contribution in [1.82, 2.24) is 5.32 Å². The molecule has 0 aliphatic carbocycles. The molecule has 1 aliphatic rings. The number of esters is 1. The van der Waals surface area contributed by atoms with E-state index in [4.69, 9.17) is 18.9 Å². The molecular weight excluding hydrogens is 362 g/mol. The minimum atomic E-state index is -0.606. The molecule has 148 valence electrons. The number of carbonyl (C=O) groups is 2. The highest BCUT2D eigenvalue weighted by Gasteiger charge is 2.17. The molecule has 1 atom stereocenters. The van der Waals surface area contributed by atoms with E-state index in [0.717, 1.165) is 16.7 Å². The van der Waals surface area contributed by atoms with Gasteiger partial charge in [0.2, 0.25) is 6.79 Å². The van der Waals surface area contributed by atoms with Gasteiger partial charge < -0.3 is 24.3 Å². The van der Waals surface area contributed by atoms with Crippen molar-refractivity contribution in [2.45, 2.75) is 26.8 Å². The summed E-state index contributed by atoms with van der Waals surface area (Å²) in [4.78, 5) is 23.9. The summed E-state index contributed by atoms with van der Waals surface area (Å²) in [6.45, 7) is 5.30. The van der Waals surface area contributed by atoms with Crippen molar-refractivity contribution in [3.8, 4) is 17.2 Å². The van der Waals surface area contributed by atoms with Crippen LogP contribution in [0.4, 0.5) is 0 Å². The fraction of sp³-hybridized carbons (Fsp3) is 0.333. The van der Waals surface area contributed by atoms with Crippen molar-refractivity contribution in [2.75, 3.05) is 20.0 Å². The lowest BCUT2D eigenvalue weighted by molar-refractivity contribution is -0.150. The maximum atomic E-state index is 12.0. The molecule has 1 heterocycles. The SMILES string of the molecule is Cc1cc(C)cc(OCC(=O)OCC(=O)N[C@H](C)c2ccc3c(c2)OCO3)c1. The largest absolute Gasteiger partial charge is 0.482 e. The molecule has 0 unspecified atom stereocenters. The molecule has 0 fully saturated rings. The summed E-state index contributed by atoms with van der Waals surface area (Å²) in [5, 5.41) is 2.78. The summed E-state index contributed by atoms with van der Waals surface area (Å²) in [7, 11) is 0. The van der Waals surface area contributed by atoms with Crippen LogP contribution in [0.1, 0.15) is 29.7 Å². The third kappa shape index (κ3) is 5.16. The summed E-state index contributed by atoms with van der Waals surface area (Å²) in [6.07, 6.45) is 0. The second kappa shape index (κ2) is 8.65. The standard InChI is InChI=1S/C21H23NO6/c1-13-6-14(2)8-17(7-13)25-11-21(24)26-10-20(23)22-15(3)16-4-5-18-19(9-16)28-12-27-18/h4-9,15H,10-12H2,1-3H3,(H,22,23)/t15-/m1/s1. The smallest absolute Gasteiger partial charge is 0.344 e. The van der Waals surface area contributed by atoms with Crippen LogP contribution in [0.25, 0.3) is 0 Å². The molecule has 7 heteroatoms. The van der Waals surface area contributed by atoms with Crippen molar-refractivity contribution in [3.63, 3.8) is 0 Å². The van der Waals surface area contributed by atoms with Gasteiger partial charge in [0, 0.05) is 0 Å². The molecule has 3 rings (SSSR count). The molecule has 2 aromatic rings. The first kappa shape index (κ1) is 19.5. The van der Waals surface area contributed by atoms with E-state index in [9.17, 15) is 9.59 Å². The Morgan fingerprint density at radius 1 is 1.04 bits per heavy atom. The zero-order chi connectivity index (χ0) is 20.1. The van der Waals surface area contributed by atoms with Crippen molar-refractivity contribution >= 4 is 11.9 Å². The molecular formula is C21H23NO6. The van der Waals surface area contributed by atoms with Crippen LogP contribution in [-0.4, -0.2) is 31.9 Å². The Kier molecular flexibility index (Phi) is 6.03. The van der Waals surface area contributed by atoms with Crippen LogP contribution in [0.3, 0.4) is 0 Å². The first-order valence-electron chi connectivity index (χ1n) is 8.96. The van der Waals surface area contributed by atoms with Crippen molar-refractivity contribution < 1.29 is 28.5 Å². The Morgan fingerprint density at radius 3 is 2.50 bits per heavy atom. The van der Waals surface area contributed by atoms with E-state index in [2.05, 4.69) is 5.32 Å². The number of rotatable bonds is 7. The van der Waals surface area contributed by atoms with Gasteiger partial charge in [-0.15, -0.1) is 0 Å². The number of nitrogens with one attached hydrogen (secondary N) is 1. The zero-order valence-electron chi connectivity index (χ0n) is 16.1. The Bertz CT molecular complexity index is 859. The van der Waals surface area contributed by atoms with E-state index < -0.39 is 11.9 Å². The van der Waals surface area contributed by atoms with Gasteiger partial charge in [0.25, 0.3) is 5.91 Å². The van der Waals surface area contributed by atoms with Crippen LogP contribution in [0, 0.1) is 13.8 Å². The highest BCUT2D eigenvalue weighted by atomic mass is 16.7. The number of benzene rings is 2. The van der Waals surface area contributed by atoms with Crippen LogP contribution in [0.5, 0.6) is 17.2 Å². The van der Waals surface area contributed by atoms with Gasteiger partial charge in [-0.25, -0.2) is 4.79 Å². The molecule has 1 N–H and O–H groups in total. The Labute approximate surface area is 163 Å². The maximum absolute atomic E-state index is 12.0. The van der Waals surface area contributed by atoms with E-state index in [0.29, 0.717) is 17.2 Å². The fourth-order valence-corrected chi connectivity index (χ4v) is 2.90. The Balaban J connectivity index is 1.42. The molecule has 28 heavy (non-hydrogen) atoms. The zero-order valence-corrected chi connectivity index (χ0v) is 16.1. The number of amides is 1. The molecule has 1 amide bonds. The average molecular weight is 385 g/mol. The van der Waals surface area contributed by atoms with Gasteiger partial charge in [0.15, 0.2) is 24.7 Å². The topological polar surface area (TPSA) is 83.1 Å². The number of aryl methyl sites for hydroxylation is 2. The molecule has 2 aromatic carbocycles. The maximum Gasteiger partial charge on any atom is 0.344 e. The first-order valence-corrected chi connectivity index (χ1v) is 8.96. The summed E-state index contributed by atoms with van der Waals surface area (Å²) in [6, 6.07) is 10.9. The van der Waals surface area contributed by atoms with Gasteiger partial charge in [0.05, 0.1) is 6.04 Å². The molecule has 0 bridgehead atoms. The lowest BCUT2D eigenvalue weighted by Crippen LogP contribution is -2.31. The van der Waals surface area contributed by atoms with Crippen LogP contribution < -0.4 is 19.5 Å². The predicted octanol–water partition coefficient (Wildman–Crippen LogP) is 2.83. The van der Waals surface area contributed by atoms with Crippen LogP contribution in [0.2, 0.25) is 0 Å². The normalized spacial score (nSPS) is 13.0. The molecule has 0 spiro atoms. The predicted molar refractivity (Wildman–Crippen MR) is 101 cm³/mol. The van der Waals surface area contributed by atoms with Crippen molar-refractivity contribution in [3.05, 3.63) is 53.1 Å². The number of fused-ring (bicyclic) bond motifs is 1. The van der Waals surface area contributed by atoms with Crippen LogP contribution in [-0.2, 0) is 14.3 Å².